The first-order valence-electron chi connectivity index (χ1n) is 13.9. The van der Waals surface area contributed by atoms with Crippen LogP contribution in [0, 0.1) is 0 Å². The standard InChI is InChI=1S/C36H33N3O/c1-23(2)26-20-27(24(3)4)22-28(21-26)39-33-18-10-15-30(35(33)38-36(39)25-12-6-5-7-13-25)32-17-11-16-31(37-32)29-14-8-9-19-34(29)40/h5-24,40H,1-4H3. The number of phenolic OH excluding ortho intramolecular Hbond substituents is 1. The van der Waals surface area contributed by atoms with E-state index in [2.05, 4.69) is 92.9 Å². The van der Waals surface area contributed by atoms with E-state index in [1.807, 2.05) is 42.5 Å². The molecule has 0 saturated heterocycles. The van der Waals surface area contributed by atoms with Crippen LogP contribution in [0.1, 0.15) is 50.7 Å². The number of imidazole rings is 1. The van der Waals surface area contributed by atoms with Crippen LogP contribution in [0.15, 0.2) is 109 Å². The van der Waals surface area contributed by atoms with Crippen molar-refractivity contribution in [2.75, 3.05) is 0 Å². The summed E-state index contributed by atoms with van der Waals surface area (Å²) in [5.41, 5.74) is 9.92. The lowest BCUT2D eigenvalue weighted by Crippen LogP contribution is -2.02. The van der Waals surface area contributed by atoms with Crippen molar-refractivity contribution in [3.8, 4) is 45.3 Å². The molecule has 0 fully saturated rings. The van der Waals surface area contributed by atoms with E-state index >= 15 is 0 Å². The first-order valence-corrected chi connectivity index (χ1v) is 13.9. The summed E-state index contributed by atoms with van der Waals surface area (Å²) in [6.07, 6.45) is 0. The molecule has 4 nitrogen and oxygen atoms in total. The summed E-state index contributed by atoms with van der Waals surface area (Å²) in [5, 5.41) is 10.5. The van der Waals surface area contributed by atoms with E-state index in [-0.39, 0.29) is 5.75 Å². The van der Waals surface area contributed by atoms with Crippen LogP contribution in [0.3, 0.4) is 0 Å². The highest BCUT2D eigenvalue weighted by Gasteiger charge is 2.20. The van der Waals surface area contributed by atoms with E-state index in [1.54, 1.807) is 6.07 Å². The molecule has 6 rings (SSSR count). The second-order valence-corrected chi connectivity index (χ2v) is 10.9. The molecule has 0 aliphatic carbocycles. The van der Waals surface area contributed by atoms with Gasteiger partial charge in [-0.1, -0.05) is 94.4 Å². The molecule has 0 atom stereocenters. The van der Waals surface area contributed by atoms with E-state index < -0.39 is 0 Å². The predicted molar refractivity (Wildman–Crippen MR) is 165 cm³/mol. The smallest absolute Gasteiger partial charge is 0.145 e. The van der Waals surface area contributed by atoms with Gasteiger partial charge in [-0.2, -0.15) is 0 Å². The molecule has 40 heavy (non-hydrogen) atoms. The van der Waals surface area contributed by atoms with Crippen LogP contribution in [0.5, 0.6) is 5.75 Å². The van der Waals surface area contributed by atoms with Crippen LogP contribution in [0.25, 0.3) is 50.6 Å². The summed E-state index contributed by atoms with van der Waals surface area (Å²) >= 11 is 0. The van der Waals surface area contributed by atoms with E-state index in [0.717, 1.165) is 45.1 Å². The van der Waals surface area contributed by atoms with Gasteiger partial charge in [-0.3, -0.25) is 4.57 Å². The number of pyridine rings is 1. The number of hydrogen-bond donors (Lipinski definition) is 1. The van der Waals surface area contributed by atoms with Gasteiger partial charge in [0.25, 0.3) is 0 Å². The molecular formula is C36H33N3O. The summed E-state index contributed by atoms with van der Waals surface area (Å²) in [6.45, 7) is 8.98. The Hall–Kier alpha value is -4.70. The number of phenols is 1. The molecule has 0 unspecified atom stereocenters. The second-order valence-electron chi connectivity index (χ2n) is 10.9. The lowest BCUT2D eigenvalue weighted by Gasteiger charge is -2.17. The Labute approximate surface area is 235 Å². The summed E-state index contributed by atoms with van der Waals surface area (Å²) in [5.74, 6) is 1.93. The van der Waals surface area contributed by atoms with Crippen LogP contribution in [-0.2, 0) is 0 Å². The summed E-state index contributed by atoms with van der Waals surface area (Å²) < 4.78 is 2.29. The number of aromatic hydroxyl groups is 1. The Morgan fingerprint density at radius 1 is 0.600 bits per heavy atom. The SMILES string of the molecule is CC(C)c1cc(C(C)C)cc(-n2c(-c3ccccc3)nc3c(-c4cccc(-c5ccccc5O)n4)cccc32)c1. The predicted octanol–water partition coefficient (Wildman–Crippen LogP) is 9.37. The fraction of sp³-hybridized carbons (Fsp3) is 0.167. The molecule has 1 N–H and O–H groups in total. The van der Waals surface area contributed by atoms with E-state index in [9.17, 15) is 5.11 Å². The molecule has 4 heteroatoms. The number of fused-ring (bicyclic) bond motifs is 1. The molecule has 4 aromatic carbocycles. The van der Waals surface area contributed by atoms with Crippen LogP contribution in [0.4, 0.5) is 0 Å². The monoisotopic (exact) mass is 523 g/mol. The largest absolute Gasteiger partial charge is 0.507 e. The first-order chi connectivity index (χ1) is 19.4. The van der Waals surface area contributed by atoms with Crippen molar-refractivity contribution < 1.29 is 5.11 Å². The van der Waals surface area contributed by atoms with Crippen molar-refractivity contribution in [2.24, 2.45) is 0 Å². The number of aromatic nitrogens is 3. The highest BCUT2D eigenvalue weighted by molar-refractivity contribution is 5.95. The molecule has 0 radical (unpaired) electrons. The van der Waals surface area contributed by atoms with Gasteiger partial charge in [0.05, 0.1) is 22.4 Å². The Morgan fingerprint density at radius 3 is 1.88 bits per heavy atom. The molecule has 0 bridgehead atoms. The number of para-hydroxylation sites is 2. The van der Waals surface area contributed by atoms with Crippen LogP contribution in [0.2, 0.25) is 0 Å². The molecular weight excluding hydrogens is 490 g/mol. The molecule has 0 aliphatic heterocycles. The van der Waals surface area contributed by atoms with Crippen molar-refractivity contribution in [3.05, 3.63) is 120 Å². The summed E-state index contributed by atoms with van der Waals surface area (Å²) in [4.78, 5) is 10.3. The highest BCUT2D eigenvalue weighted by Crippen LogP contribution is 2.36. The Bertz CT molecular complexity index is 1790. The van der Waals surface area contributed by atoms with Gasteiger partial charge in [-0.15, -0.1) is 0 Å². The zero-order valence-electron chi connectivity index (χ0n) is 23.3. The number of rotatable bonds is 6. The van der Waals surface area contributed by atoms with Gasteiger partial charge >= 0.3 is 0 Å². The molecule has 198 valence electrons. The second kappa shape index (κ2) is 10.5. The first kappa shape index (κ1) is 25.6. The molecule has 0 spiro atoms. The Morgan fingerprint density at radius 2 is 1.20 bits per heavy atom. The van der Waals surface area contributed by atoms with Crippen molar-refractivity contribution in [2.45, 2.75) is 39.5 Å². The quantitative estimate of drug-likeness (QED) is 0.237. The lowest BCUT2D eigenvalue weighted by molar-refractivity contribution is 0.477. The third-order valence-electron chi connectivity index (χ3n) is 7.48. The average molecular weight is 524 g/mol. The minimum atomic E-state index is 0.215. The minimum absolute atomic E-state index is 0.215. The molecule has 2 aromatic heterocycles. The van der Waals surface area contributed by atoms with Crippen LogP contribution in [-0.4, -0.2) is 19.6 Å². The average Bonchev–Trinajstić information content (AvgIpc) is 3.37. The molecule has 6 aromatic rings. The van der Waals surface area contributed by atoms with Gasteiger partial charge in [0, 0.05) is 22.4 Å². The zero-order chi connectivity index (χ0) is 27.8. The van der Waals surface area contributed by atoms with Gasteiger partial charge in [-0.25, -0.2) is 9.97 Å². The Kier molecular flexibility index (Phi) is 6.69. The summed E-state index contributed by atoms with van der Waals surface area (Å²) in [6, 6.07) is 36.8. The number of benzene rings is 4. The molecule has 0 saturated carbocycles. The van der Waals surface area contributed by atoms with Crippen molar-refractivity contribution in [1.29, 1.82) is 0 Å². The number of hydrogen-bond acceptors (Lipinski definition) is 3. The van der Waals surface area contributed by atoms with Crippen molar-refractivity contribution >= 4 is 11.0 Å². The van der Waals surface area contributed by atoms with E-state index in [4.69, 9.17) is 9.97 Å². The Balaban J connectivity index is 1.62. The van der Waals surface area contributed by atoms with Gasteiger partial charge in [0.1, 0.15) is 11.6 Å². The third kappa shape index (κ3) is 4.66. The topological polar surface area (TPSA) is 50.9 Å². The van der Waals surface area contributed by atoms with Gasteiger partial charge in [0.15, 0.2) is 0 Å². The van der Waals surface area contributed by atoms with Crippen molar-refractivity contribution in [1.82, 2.24) is 14.5 Å². The molecule has 2 heterocycles. The summed E-state index contributed by atoms with van der Waals surface area (Å²) in [7, 11) is 0. The molecule has 0 aliphatic rings. The highest BCUT2D eigenvalue weighted by atomic mass is 16.3. The lowest BCUT2D eigenvalue weighted by atomic mass is 9.94. The van der Waals surface area contributed by atoms with Crippen molar-refractivity contribution in [3.63, 3.8) is 0 Å². The van der Waals surface area contributed by atoms with Gasteiger partial charge in [-0.05, 0) is 65.4 Å². The molecule has 0 amide bonds. The maximum atomic E-state index is 10.5. The maximum Gasteiger partial charge on any atom is 0.145 e. The van der Waals surface area contributed by atoms with Crippen LogP contribution < -0.4 is 0 Å². The zero-order valence-corrected chi connectivity index (χ0v) is 23.3. The van der Waals surface area contributed by atoms with Gasteiger partial charge in [0.2, 0.25) is 0 Å². The fourth-order valence-electron chi connectivity index (χ4n) is 5.23. The third-order valence-corrected chi connectivity index (χ3v) is 7.48. The van der Waals surface area contributed by atoms with Crippen LogP contribution >= 0.6 is 0 Å². The normalized spacial score (nSPS) is 11.6. The van der Waals surface area contributed by atoms with Gasteiger partial charge < -0.3 is 5.11 Å². The number of nitrogens with zero attached hydrogens (tertiary/aromatic N) is 3. The van der Waals surface area contributed by atoms with E-state index in [1.165, 1.54) is 11.1 Å². The maximum absolute atomic E-state index is 10.5. The minimum Gasteiger partial charge on any atom is -0.507 e. The fourth-order valence-corrected chi connectivity index (χ4v) is 5.23. The van der Waals surface area contributed by atoms with E-state index in [0.29, 0.717) is 17.4 Å².